The van der Waals surface area contributed by atoms with Gasteiger partial charge >= 0.3 is 0 Å². The Morgan fingerprint density at radius 2 is 2.05 bits per heavy atom. The van der Waals surface area contributed by atoms with Crippen molar-refractivity contribution in [2.75, 3.05) is 0 Å². The first-order valence-corrected chi connectivity index (χ1v) is 8.26. The van der Waals surface area contributed by atoms with Crippen molar-refractivity contribution < 1.29 is 9.29 Å². The maximum absolute atomic E-state index is 9.95. The van der Waals surface area contributed by atoms with Gasteiger partial charge in [-0.15, -0.1) is 0 Å². The summed E-state index contributed by atoms with van der Waals surface area (Å²) in [4.78, 5) is 5.16. The Hall–Kier alpha value is -2.11. The first-order chi connectivity index (χ1) is 10.7. The second kappa shape index (κ2) is 6.34. The van der Waals surface area contributed by atoms with E-state index in [1.807, 2.05) is 61.1 Å². The average molecular weight is 314 g/mol. The highest BCUT2D eigenvalue weighted by molar-refractivity contribution is 8.10. The standard InChI is InChI=1S/C17H18N2O2S/c1-3-22(20)16-7-5-13-4-6-15(10-14(13)11-16)21-12-17-18-8-9-19(17)2/h3-11,20H,12H2,1-2H3. The smallest absolute Gasteiger partial charge is 0.146 e. The fourth-order valence-corrected chi connectivity index (χ4v) is 2.97. The Kier molecular flexibility index (Phi) is 4.27. The molecule has 4 nitrogen and oxygen atoms in total. The van der Waals surface area contributed by atoms with Gasteiger partial charge in [0.05, 0.1) is 0 Å². The maximum Gasteiger partial charge on any atom is 0.146 e. The van der Waals surface area contributed by atoms with E-state index in [-0.39, 0.29) is 0 Å². The van der Waals surface area contributed by atoms with E-state index < -0.39 is 10.8 Å². The predicted octanol–water partition coefficient (Wildman–Crippen LogP) is 4.08. The topological polar surface area (TPSA) is 47.3 Å². The summed E-state index contributed by atoms with van der Waals surface area (Å²) in [6.07, 6.45) is 3.66. The molecule has 1 heterocycles. The number of aromatic nitrogens is 2. The van der Waals surface area contributed by atoms with Crippen LogP contribution in [0, 0.1) is 0 Å². The molecule has 2 aromatic carbocycles. The number of rotatable bonds is 4. The monoisotopic (exact) mass is 314 g/mol. The highest BCUT2D eigenvalue weighted by Crippen LogP contribution is 2.28. The van der Waals surface area contributed by atoms with Gasteiger partial charge in [0.15, 0.2) is 0 Å². The number of aryl methyl sites for hydroxylation is 1. The lowest BCUT2D eigenvalue weighted by Crippen LogP contribution is -2.02. The third kappa shape index (κ3) is 3.05. The first kappa shape index (κ1) is 14.8. The van der Waals surface area contributed by atoms with Crippen LogP contribution < -0.4 is 4.74 Å². The molecule has 22 heavy (non-hydrogen) atoms. The molecule has 0 aliphatic carbocycles. The van der Waals surface area contributed by atoms with Gasteiger partial charge in [-0.1, -0.05) is 12.1 Å². The molecule has 0 amide bonds. The molecule has 5 heteroatoms. The van der Waals surface area contributed by atoms with Gasteiger partial charge in [0.1, 0.15) is 18.2 Å². The van der Waals surface area contributed by atoms with Gasteiger partial charge in [-0.2, -0.15) is 0 Å². The zero-order valence-corrected chi connectivity index (χ0v) is 13.4. The van der Waals surface area contributed by atoms with E-state index in [1.165, 1.54) is 0 Å². The molecule has 1 atom stereocenters. The van der Waals surface area contributed by atoms with Crippen molar-refractivity contribution >= 4 is 26.9 Å². The Bertz CT molecular complexity index is 840. The molecule has 0 radical (unpaired) electrons. The Morgan fingerprint density at radius 3 is 2.77 bits per heavy atom. The van der Waals surface area contributed by atoms with Crippen LogP contribution in [-0.2, 0) is 13.7 Å². The lowest BCUT2D eigenvalue weighted by molar-refractivity contribution is 0.292. The molecular formula is C17H18N2O2S. The third-order valence-electron chi connectivity index (χ3n) is 3.54. The van der Waals surface area contributed by atoms with Crippen LogP contribution in [0.15, 0.2) is 53.7 Å². The average Bonchev–Trinajstić information content (AvgIpc) is 2.96. The number of imidazole rings is 1. The summed E-state index contributed by atoms with van der Waals surface area (Å²) in [5.41, 5.74) is 0. The van der Waals surface area contributed by atoms with Crippen LogP contribution in [0.3, 0.4) is 0 Å². The predicted molar refractivity (Wildman–Crippen MR) is 91.7 cm³/mol. The zero-order valence-electron chi connectivity index (χ0n) is 12.6. The minimum atomic E-state index is -0.813. The molecule has 0 aliphatic rings. The van der Waals surface area contributed by atoms with Gasteiger partial charge in [0.25, 0.3) is 0 Å². The minimum Gasteiger partial charge on any atom is -0.486 e. The molecule has 3 rings (SSSR count). The molecular weight excluding hydrogens is 296 g/mol. The number of ether oxygens (including phenoxy) is 1. The molecule has 0 spiro atoms. The molecule has 0 saturated heterocycles. The van der Waals surface area contributed by atoms with Crippen molar-refractivity contribution in [1.82, 2.24) is 9.55 Å². The quantitative estimate of drug-likeness (QED) is 0.738. The van der Waals surface area contributed by atoms with E-state index in [1.54, 1.807) is 11.6 Å². The summed E-state index contributed by atoms with van der Waals surface area (Å²) in [7, 11) is 1.13. The molecule has 0 saturated carbocycles. The summed E-state index contributed by atoms with van der Waals surface area (Å²) >= 11 is 0. The van der Waals surface area contributed by atoms with Crippen molar-refractivity contribution in [3.8, 4) is 5.75 Å². The van der Waals surface area contributed by atoms with Crippen LogP contribution in [0.4, 0.5) is 0 Å². The lowest BCUT2D eigenvalue weighted by atomic mass is 10.1. The highest BCUT2D eigenvalue weighted by Gasteiger charge is 2.03. The van der Waals surface area contributed by atoms with E-state index >= 15 is 0 Å². The van der Waals surface area contributed by atoms with Gasteiger partial charge in [-0.3, -0.25) is 0 Å². The first-order valence-electron chi connectivity index (χ1n) is 7.02. The molecule has 0 aliphatic heterocycles. The van der Waals surface area contributed by atoms with Crippen molar-refractivity contribution in [1.29, 1.82) is 0 Å². The molecule has 1 unspecified atom stereocenters. The van der Waals surface area contributed by atoms with Gasteiger partial charge in [-0.05, 0) is 58.1 Å². The summed E-state index contributed by atoms with van der Waals surface area (Å²) in [5.74, 6) is 1.68. The Balaban J connectivity index is 1.86. The van der Waals surface area contributed by atoms with Crippen molar-refractivity contribution in [3.63, 3.8) is 0 Å². The zero-order chi connectivity index (χ0) is 15.5. The lowest BCUT2D eigenvalue weighted by Gasteiger charge is -2.08. The normalized spacial score (nSPS) is 12.7. The molecule has 114 valence electrons. The van der Waals surface area contributed by atoms with E-state index in [4.69, 9.17) is 4.74 Å². The summed E-state index contributed by atoms with van der Waals surface area (Å²) in [5, 5.41) is 3.98. The van der Waals surface area contributed by atoms with Gasteiger partial charge in [-0.25, -0.2) is 4.98 Å². The van der Waals surface area contributed by atoms with Crippen molar-refractivity contribution in [3.05, 3.63) is 54.6 Å². The number of benzene rings is 2. The maximum atomic E-state index is 9.95. The van der Waals surface area contributed by atoms with Crippen LogP contribution in [0.5, 0.6) is 5.75 Å². The Labute approximate surface area is 132 Å². The van der Waals surface area contributed by atoms with E-state index in [0.717, 1.165) is 27.2 Å². The minimum absolute atomic E-state index is 0.432. The summed E-state index contributed by atoms with van der Waals surface area (Å²) in [6.45, 7) is 2.29. The van der Waals surface area contributed by atoms with Crippen molar-refractivity contribution in [2.45, 2.75) is 18.4 Å². The van der Waals surface area contributed by atoms with Crippen LogP contribution >= 0.6 is 10.8 Å². The largest absolute Gasteiger partial charge is 0.486 e. The molecule has 0 fully saturated rings. The van der Waals surface area contributed by atoms with Gasteiger partial charge < -0.3 is 13.9 Å². The van der Waals surface area contributed by atoms with Crippen LogP contribution in [0.1, 0.15) is 12.7 Å². The Morgan fingerprint density at radius 1 is 1.23 bits per heavy atom. The number of hydrogen-bond donors (Lipinski definition) is 1. The van der Waals surface area contributed by atoms with E-state index in [9.17, 15) is 4.55 Å². The van der Waals surface area contributed by atoms with E-state index in [0.29, 0.717) is 6.61 Å². The fourth-order valence-electron chi connectivity index (χ4n) is 2.24. The molecule has 0 bridgehead atoms. The highest BCUT2D eigenvalue weighted by atomic mass is 32.2. The summed E-state index contributed by atoms with van der Waals surface area (Å²) in [6, 6.07) is 12.0. The molecule has 3 aromatic rings. The SMILES string of the molecule is C/C=S(/O)c1ccc2ccc(OCc3nccn3C)cc2c1. The van der Waals surface area contributed by atoms with Crippen molar-refractivity contribution in [2.24, 2.45) is 7.05 Å². The van der Waals surface area contributed by atoms with E-state index in [2.05, 4.69) is 4.98 Å². The van der Waals surface area contributed by atoms with Gasteiger partial charge in [0, 0.05) is 24.3 Å². The second-order valence-corrected chi connectivity index (χ2v) is 6.54. The second-order valence-electron chi connectivity index (χ2n) is 4.96. The van der Waals surface area contributed by atoms with Crippen LogP contribution in [0.25, 0.3) is 10.8 Å². The number of hydrogen-bond acceptors (Lipinski definition) is 3. The summed E-state index contributed by atoms with van der Waals surface area (Å²) < 4.78 is 17.7. The number of nitrogens with zero attached hydrogens (tertiary/aromatic N) is 2. The van der Waals surface area contributed by atoms with Gasteiger partial charge in [0.2, 0.25) is 0 Å². The van der Waals surface area contributed by atoms with Crippen LogP contribution in [0.2, 0.25) is 0 Å². The molecule has 1 aromatic heterocycles. The fraction of sp³-hybridized carbons (Fsp3) is 0.176. The third-order valence-corrected chi connectivity index (χ3v) is 4.72. The number of fused-ring (bicyclic) bond motifs is 1. The molecule has 1 N–H and O–H groups in total. The van der Waals surface area contributed by atoms with Crippen LogP contribution in [-0.4, -0.2) is 19.5 Å².